The predicted molar refractivity (Wildman–Crippen MR) is 67.5 cm³/mol. The molecule has 0 N–H and O–H groups in total. The van der Waals surface area contributed by atoms with E-state index in [1.807, 2.05) is 19.1 Å². The molecule has 2 nitrogen and oxygen atoms in total. The summed E-state index contributed by atoms with van der Waals surface area (Å²) in [6.45, 7) is 1.92. The normalized spacial score (nSPS) is 11.8. The van der Waals surface area contributed by atoms with Gasteiger partial charge in [-0.25, -0.2) is 4.79 Å². The molecule has 1 aromatic carbocycles. The first kappa shape index (κ1) is 10.9. The maximum atomic E-state index is 11.2. The van der Waals surface area contributed by atoms with Gasteiger partial charge in [0.15, 0.2) is 0 Å². The lowest BCUT2D eigenvalue weighted by molar-refractivity contribution is -0.134. The number of rotatable bonds is 2. The molecule has 0 amide bonds. The molecule has 0 aliphatic rings. The Morgan fingerprint density at radius 3 is 2.88 bits per heavy atom. The summed E-state index contributed by atoms with van der Waals surface area (Å²) in [7, 11) is 1.39. The summed E-state index contributed by atoms with van der Waals surface area (Å²) in [6, 6.07) is 8.16. The molecule has 0 bridgehead atoms. The van der Waals surface area contributed by atoms with Crippen molar-refractivity contribution < 1.29 is 9.53 Å². The monoisotopic (exact) mass is 232 g/mol. The van der Waals surface area contributed by atoms with Gasteiger partial charge in [-0.3, -0.25) is 0 Å². The molecular weight excluding hydrogens is 220 g/mol. The number of hydrogen-bond donors (Lipinski definition) is 0. The molecule has 0 unspecified atom stereocenters. The van der Waals surface area contributed by atoms with Gasteiger partial charge in [0.2, 0.25) is 0 Å². The van der Waals surface area contributed by atoms with Crippen LogP contribution >= 0.6 is 11.3 Å². The topological polar surface area (TPSA) is 26.3 Å². The van der Waals surface area contributed by atoms with E-state index in [1.165, 1.54) is 23.3 Å². The van der Waals surface area contributed by atoms with Gasteiger partial charge in [-0.1, -0.05) is 18.2 Å². The SMILES string of the molecule is COC(=O)/C=C(/C)c1csc2ccccc12. The first-order valence-electron chi connectivity index (χ1n) is 4.95. The molecule has 0 saturated heterocycles. The lowest BCUT2D eigenvalue weighted by Crippen LogP contribution is -1.95. The van der Waals surface area contributed by atoms with E-state index in [1.54, 1.807) is 11.3 Å². The Hall–Kier alpha value is -1.61. The van der Waals surface area contributed by atoms with Crippen LogP contribution in [0.4, 0.5) is 0 Å². The van der Waals surface area contributed by atoms with Gasteiger partial charge in [0.25, 0.3) is 0 Å². The van der Waals surface area contributed by atoms with Crippen molar-refractivity contribution in [2.24, 2.45) is 0 Å². The molecule has 2 aromatic rings. The van der Waals surface area contributed by atoms with E-state index in [9.17, 15) is 4.79 Å². The number of benzene rings is 1. The molecule has 3 heteroatoms. The van der Waals surface area contributed by atoms with Crippen LogP contribution in [0.3, 0.4) is 0 Å². The van der Waals surface area contributed by atoms with Crippen molar-refractivity contribution in [3.8, 4) is 0 Å². The van der Waals surface area contributed by atoms with E-state index < -0.39 is 0 Å². The van der Waals surface area contributed by atoms with Crippen LogP contribution in [0.25, 0.3) is 15.7 Å². The number of methoxy groups -OCH3 is 1. The van der Waals surface area contributed by atoms with Crippen LogP contribution in [-0.2, 0) is 9.53 Å². The molecule has 1 heterocycles. The average Bonchev–Trinajstić information content (AvgIpc) is 2.72. The molecule has 0 radical (unpaired) electrons. The minimum Gasteiger partial charge on any atom is -0.466 e. The van der Waals surface area contributed by atoms with Gasteiger partial charge in [0.05, 0.1) is 7.11 Å². The van der Waals surface area contributed by atoms with Crippen molar-refractivity contribution in [3.05, 3.63) is 41.3 Å². The molecule has 0 atom stereocenters. The van der Waals surface area contributed by atoms with Crippen LogP contribution in [0.15, 0.2) is 35.7 Å². The molecule has 1 aromatic heterocycles. The third kappa shape index (κ3) is 1.99. The van der Waals surface area contributed by atoms with Crippen molar-refractivity contribution in [2.45, 2.75) is 6.92 Å². The van der Waals surface area contributed by atoms with Gasteiger partial charge >= 0.3 is 5.97 Å². The standard InChI is InChI=1S/C13H12O2S/c1-9(7-13(14)15-2)11-8-16-12-6-4-3-5-10(11)12/h3-8H,1-2H3/b9-7-. The highest BCUT2D eigenvalue weighted by molar-refractivity contribution is 7.17. The third-order valence-corrected chi connectivity index (χ3v) is 3.40. The summed E-state index contributed by atoms with van der Waals surface area (Å²) >= 11 is 1.68. The van der Waals surface area contributed by atoms with Crippen LogP contribution in [-0.4, -0.2) is 13.1 Å². The zero-order valence-corrected chi connectivity index (χ0v) is 10.0. The summed E-state index contributed by atoms with van der Waals surface area (Å²) in [5, 5.41) is 3.25. The summed E-state index contributed by atoms with van der Waals surface area (Å²) < 4.78 is 5.85. The van der Waals surface area contributed by atoms with Crippen LogP contribution < -0.4 is 0 Å². The summed E-state index contributed by atoms with van der Waals surface area (Å²) in [5.41, 5.74) is 2.04. The van der Waals surface area contributed by atoms with E-state index in [0.717, 1.165) is 11.1 Å². The van der Waals surface area contributed by atoms with Crippen molar-refractivity contribution >= 4 is 33.0 Å². The number of ether oxygens (including phenoxy) is 1. The maximum absolute atomic E-state index is 11.2. The molecular formula is C13H12O2S. The molecule has 82 valence electrons. The largest absolute Gasteiger partial charge is 0.466 e. The van der Waals surface area contributed by atoms with Crippen LogP contribution in [0.5, 0.6) is 0 Å². The predicted octanol–water partition coefficient (Wildman–Crippen LogP) is 3.48. The number of thiophene rings is 1. The van der Waals surface area contributed by atoms with Gasteiger partial charge in [-0.2, -0.15) is 0 Å². The highest BCUT2D eigenvalue weighted by Crippen LogP contribution is 2.30. The Morgan fingerprint density at radius 2 is 2.12 bits per heavy atom. The van der Waals surface area contributed by atoms with E-state index in [0.29, 0.717) is 0 Å². The van der Waals surface area contributed by atoms with Crippen molar-refractivity contribution in [2.75, 3.05) is 7.11 Å². The first-order chi connectivity index (χ1) is 7.72. The van der Waals surface area contributed by atoms with Gasteiger partial charge in [0.1, 0.15) is 0 Å². The zero-order chi connectivity index (χ0) is 11.5. The average molecular weight is 232 g/mol. The first-order valence-corrected chi connectivity index (χ1v) is 5.83. The molecule has 0 spiro atoms. The van der Waals surface area contributed by atoms with E-state index in [-0.39, 0.29) is 5.97 Å². The zero-order valence-electron chi connectivity index (χ0n) is 9.19. The van der Waals surface area contributed by atoms with E-state index in [2.05, 4.69) is 22.2 Å². The Bertz CT molecular complexity index is 552. The second kappa shape index (κ2) is 4.49. The highest BCUT2D eigenvalue weighted by atomic mass is 32.1. The second-order valence-corrected chi connectivity index (χ2v) is 4.41. The molecule has 0 saturated carbocycles. The smallest absolute Gasteiger partial charge is 0.330 e. The fourth-order valence-corrected chi connectivity index (χ4v) is 2.62. The Balaban J connectivity index is 2.48. The minimum absolute atomic E-state index is 0.312. The summed E-state index contributed by atoms with van der Waals surface area (Å²) in [5.74, 6) is -0.312. The summed E-state index contributed by atoms with van der Waals surface area (Å²) in [4.78, 5) is 11.2. The highest BCUT2D eigenvalue weighted by Gasteiger charge is 2.06. The fourth-order valence-electron chi connectivity index (χ4n) is 1.60. The second-order valence-electron chi connectivity index (χ2n) is 3.50. The Labute approximate surface area is 98.2 Å². The van der Waals surface area contributed by atoms with Crippen molar-refractivity contribution in [3.63, 3.8) is 0 Å². The third-order valence-electron chi connectivity index (χ3n) is 2.44. The molecule has 16 heavy (non-hydrogen) atoms. The van der Waals surface area contributed by atoms with Gasteiger partial charge in [0, 0.05) is 10.8 Å². The molecule has 0 aliphatic carbocycles. The van der Waals surface area contributed by atoms with Crippen LogP contribution in [0, 0.1) is 0 Å². The number of esters is 1. The van der Waals surface area contributed by atoms with Gasteiger partial charge < -0.3 is 4.74 Å². The Kier molecular flexibility index (Phi) is 3.06. The molecule has 0 aliphatic heterocycles. The molecule has 0 fully saturated rings. The minimum atomic E-state index is -0.312. The number of carbonyl (C=O) groups excluding carboxylic acids is 1. The quantitative estimate of drug-likeness (QED) is 0.585. The van der Waals surface area contributed by atoms with E-state index in [4.69, 9.17) is 0 Å². The van der Waals surface area contributed by atoms with Crippen molar-refractivity contribution in [1.29, 1.82) is 0 Å². The number of allylic oxidation sites excluding steroid dienone is 1. The lowest BCUT2D eigenvalue weighted by Gasteiger charge is -1.99. The fraction of sp³-hybridized carbons (Fsp3) is 0.154. The number of hydrogen-bond acceptors (Lipinski definition) is 3. The van der Waals surface area contributed by atoms with Crippen molar-refractivity contribution in [1.82, 2.24) is 0 Å². The summed E-state index contributed by atoms with van der Waals surface area (Å²) in [6.07, 6.45) is 1.52. The van der Waals surface area contributed by atoms with Crippen LogP contribution in [0.2, 0.25) is 0 Å². The number of carbonyl (C=O) groups is 1. The van der Waals surface area contributed by atoms with Gasteiger partial charge in [-0.15, -0.1) is 11.3 Å². The number of fused-ring (bicyclic) bond motifs is 1. The van der Waals surface area contributed by atoms with Crippen LogP contribution in [0.1, 0.15) is 12.5 Å². The Morgan fingerprint density at radius 1 is 1.38 bits per heavy atom. The lowest BCUT2D eigenvalue weighted by atomic mass is 10.1. The maximum Gasteiger partial charge on any atom is 0.330 e. The van der Waals surface area contributed by atoms with Gasteiger partial charge in [-0.05, 0) is 34.9 Å². The molecule has 2 rings (SSSR count). The van der Waals surface area contributed by atoms with E-state index >= 15 is 0 Å².